The molecule has 0 spiro atoms. The first-order valence-corrected chi connectivity index (χ1v) is 7.54. The van der Waals surface area contributed by atoms with Crippen LogP contribution in [0.2, 0.25) is 5.02 Å². The van der Waals surface area contributed by atoms with Crippen LogP contribution in [0.5, 0.6) is 6.01 Å². The van der Waals surface area contributed by atoms with E-state index in [-0.39, 0.29) is 11.8 Å². The van der Waals surface area contributed by atoms with Gasteiger partial charge < -0.3 is 10.1 Å². The number of ether oxygens (including phenoxy) is 1. The van der Waals surface area contributed by atoms with Crippen LogP contribution in [0, 0.1) is 5.82 Å². The number of hydrogen-bond donors (Lipinski definition) is 1. The second kappa shape index (κ2) is 7.23. The van der Waals surface area contributed by atoms with Crippen molar-refractivity contribution in [2.24, 2.45) is 0 Å². The van der Waals surface area contributed by atoms with Gasteiger partial charge in [0.15, 0.2) is 5.82 Å². The maximum absolute atomic E-state index is 13.7. The lowest BCUT2D eigenvalue weighted by molar-refractivity contribution is 0.380. The topological polar surface area (TPSA) is 59.9 Å². The molecule has 3 aromatic rings. The summed E-state index contributed by atoms with van der Waals surface area (Å²) in [6, 6.07) is 11.5. The molecule has 0 saturated heterocycles. The van der Waals surface area contributed by atoms with E-state index in [0.717, 1.165) is 0 Å². The van der Waals surface area contributed by atoms with Gasteiger partial charge in [0.25, 0.3) is 0 Å². The lowest BCUT2D eigenvalue weighted by Crippen LogP contribution is -2.15. The van der Waals surface area contributed by atoms with Gasteiger partial charge in [0.1, 0.15) is 10.8 Å². The van der Waals surface area contributed by atoms with Crippen LogP contribution in [0.4, 0.5) is 10.2 Å². The summed E-state index contributed by atoms with van der Waals surface area (Å²) in [5, 5.41) is 3.52. The van der Waals surface area contributed by atoms with Gasteiger partial charge in [-0.25, -0.2) is 9.37 Å². The third kappa shape index (κ3) is 3.60. The fraction of sp³-hybridized carbons (Fsp3) is 0.118. The molecular formula is C17H14ClFN4O. The molecule has 2 aromatic heterocycles. The van der Waals surface area contributed by atoms with Crippen molar-refractivity contribution in [3.8, 4) is 6.01 Å². The predicted molar refractivity (Wildman–Crippen MR) is 89.7 cm³/mol. The Kier molecular flexibility index (Phi) is 4.86. The van der Waals surface area contributed by atoms with Crippen LogP contribution in [0.15, 0.2) is 54.9 Å². The van der Waals surface area contributed by atoms with Gasteiger partial charge in [0.05, 0.1) is 25.0 Å². The summed E-state index contributed by atoms with van der Waals surface area (Å²) in [6.07, 6.45) is 3.11. The van der Waals surface area contributed by atoms with Crippen molar-refractivity contribution in [3.63, 3.8) is 0 Å². The highest BCUT2D eigenvalue weighted by Gasteiger charge is 2.18. The number of methoxy groups -OCH3 is 1. The fourth-order valence-electron chi connectivity index (χ4n) is 2.25. The molecule has 0 amide bonds. The molecule has 1 aromatic carbocycles. The van der Waals surface area contributed by atoms with Crippen LogP contribution in [0.3, 0.4) is 0 Å². The van der Waals surface area contributed by atoms with Crippen LogP contribution in [0.1, 0.15) is 17.3 Å². The van der Waals surface area contributed by atoms with Crippen molar-refractivity contribution in [2.75, 3.05) is 12.4 Å². The summed E-state index contributed by atoms with van der Waals surface area (Å²) in [5.41, 5.74) is 1.40. The molecule has 0 aliphatic rings. The zero-order valence-corrected chi connectivity index (χ0v) is 13.5. The van der Waals surface area contributed by atoms with Gasteiger partial charge in [-0.1, -0.05) is 29.8 Å². The van der Waals surface area contributed by atoms with Gasteiger partial charge in [0, 0.05) is 6.20 Å². The lowest BCUT2D eigenvalue weighted by atomic mass is 10.0. The normalized spacial score (nSPS) is 11.8. The molecular weight excluding hydrogens is 331 g/mol. The molecule has 0 fully saturated rings. The number of aromatic nitrogens is 3. The fourth-order valence-corrected chi connectivity index (χ4v) is 2.39. The van der Waals surface area contributed by atoms with Crippen molar-refractivity contribution >= 4 is 17.4 Å². The second-order valence-electron chi connectivity index (χ2n) is 4.94. The van der Waals surface area contributed by atoms with Crippen LogP contribution in [-0.4, -0.2) is 22.1 Å². The van der Waals surface area contributed by atoms with Crippen molar-refractivity contribution in [1.29, 1.82) is 0 Å². The van der Waals surface area contributed by atoms with E-state index in [1.807, 2.05) is 24.3 Å². The number of anilines is 1. The average molecular weight is 345 g/mol. The van der Waals surface area contributed by atoms with Gasteiger partial charge in [-0.05, 0) is 29.8 Å². The third-order valence-corrected chi connectivity index (χ3v) is 3.63. The number of rotatable bonds is 5. The van der Waals surface area contributed by atoms with Gasteiger partial charge in [-0.3, -0.25) is 4.98 Å². The molecule has 0 bridgehead atoms. The van der Waals surface area contributed by atoms with Gasteiger partial charge in [-0.15, -0.1) is 0 Å². The molecule has 1 N–H and O–H groups in total. The minimum Gasteiger partial charge on any atom is -0.467 e. The molecule has 0 aliphatic carbocycles. The van der Waals surface area contributed by atoms with Crippen molar-refractivity contribution < 1.29 is 9.13 Å². The highest BCUT2D eigenvalue weighted by molar-refractivity contribution is 6.32. The molecule has 0 saturated carbocycles. The Hall–Kier alpha value is -2.73. The zero-order chi connectivity index (χ0) is 16.9. The van der Waals surface area contributed by atoms with Gasteiger partial charge in [0.2, 0.25) is 0 Å². The Labute approximate surface area is 143 Å². The smallest absolute Gasteiger partial charge is 0.318 e. The van der Waals surface area contributed by atoms with Crippen molar-refractivity contribution in [1.82, 2.24) is 15.0 Å². The molecule has 2 heterocycles. The highest BCUT2D eigenvalue weighted by Crippen LogP contribution is 2.29. The largest absolute Gasteiger partial charge is 0.467 e. The number of benzene rings is 1. The van der Waals surface area contributed by atoms with Crippen molar-refractivity contribution in [3.05, 3.63) is 77.0 Å². The van der Waals surface area contributed by atoms with E-state index < -0.39 is 6.04 Å². The summed E-state index contributed by atoms with van der Waals surface area (Å²) >= 11 is 6.17. The SMILES string of the molecule is COc1ncc(Cl)c(NC(c2cccc(F)c2)c2ccccn2)n1. The monoisotopic (exact) mass is 344 g/mol. The standard InChI is InChI=1S/C17H14ClFN4O/c1-24-17-21-10-13(18)16(23-17)22-15(14-7-2-3-8-20-14)11-5-4-6-12(19)9-11/h2-10,15H,1H3,(H,21,22,23). The van der Waals surface area contributed by atoms with E-state index in [0.29, 0.717) is 22.1 Å². The number of hydrogen-bond acceptors (Lipinski definition) is 5. The van der Waals surface area contributed by atoms with E-state index in [1.54, 1.807) is 12.3 Å². The maximum Gasteiger partial charge on any atom is 0.318 e. The minimum atomic E-state index is -0.431. The van der Waals surface area contributed by atoms with Crippen LogP contribution >= 0.6 is 11.6 Å². The summed E-state index contributed by atoms with van der Waals surface area (Å²) < 4.78 is 18.7. The minimum absolute atomic E-state index is 0.181. The first kappa shape index (κ1) is 16.1. The molecule has 7 heteroatoms. The summed E-state index contributed by atoms with van der Waals surface area (Å²) in [6.45, 7) is 0. The van der Waals surface area contributed by atoms with E-state index in [4.69, 9.17) is 16.3 Å². The number of nitrogens with zero attached hydrogens (tertiary/aromatic N) is 3. The van der Waals surface area contributed by atoms with Gasteiger partial charge >= 0.3 is 6.01 Å². The average Bonchev–Trinajstić information content (AvgIpc) is 2.61. The third-order valence-electron chi connectivity index (χ3n) is 3.35. The maximum atomic E-state index is 13.7. The zero-order valence-electron chi connectivity index (χ0n) is 12.8. The second-order valence-corrected chi connectivity index (χ2v) is 5.35. The summed E-state index contributed by atoms with van der Waals surface area (Å²) in [5.74, 6) is 0.0463. The predicted octanol–water partition coefficient (Wildman–Crippen LogP) is 3.87. The quantitative estimate of drug-likeness (QED) is 0.761. The molecule has 122 valence electrons. The van der Waals surface area contributed by atoms with E-state index >= 15 is 0 Å². The van der Waals surface area contributed by atoms with E-state index in [1.165, 1.54) is 25.4 Å². The molecule has 0 radical (unpaired) electrons. The Balaban J connectivity index is 2.03. The Bertz CT molecular complexity index is 832. The van der Waals surface area contributed by atoms with Gasteiger partial charge in [-0.2, -0.15) is 4.98 Å². The molecule has 5 nitrogen and oxygen atoms in total. The van der Waals surface area contributed by atoms with E-state index in [9.17, 15) is 4.39 Å². The summed E-state index contributed by atoms with van der Waals surface area (Å²) in [7, 11) is 1.47. The Morgan fingerprint density at radius 1 is 1.17 bits per heavy atom. The van der Waals surface area contributed by atoms with Crippen LogP contribution in [0.25, 0.3) is 0 Å². The van der Waals surface area contributed by atoms with Crippen LogP contribution < -0.4 is 10.1 Å². The molecule has 3 rings (SSSR count). The molecule has 0 aliphatic heterocycles. The number of halogens is 2. The summed E-state index contributed by atoms with van der Waals surface area (Å²) in [4.78, 5) is 12.5. The lowest BCUT2D eigenvalue weighted by Gasteiger charge is -2.20. The van der Waals surface area contributed by atoms with Crippen molar-refractivity contribution in [2.45, 2.75) is 6.04 Å². The molecule has 1 unspecified atom stereocenters. The first-order valence-electron chi connectivity index (χ1n) is 7.17. The van der Waals surface area contributed by atoms with Crippen LogP contribution in [-0.2, 0) is 0 Å². The Morgan fingerprint density at radius 2 is 2.04 bits per heavy atom. The number of pyridine rings is 1. The molecule has 24 heavy (non-hydrogen) atoms. The van der Waals surface area contributed by atoms with E-state index in [2.05, 4.69) is 20.3 Å². The highest BCUT2D eigenvalue weighted by atomic mass is 35.5. The first-order chi connectivity index (χ1) is 11.7. The molecule has 1 atom stereocenters. The Morgan fingerprint density at radius 3 is 2.75 bits per heavy atom. The number of nitrogens with one attached hydrogen (secondary N) is 1.